The van der Waals surface area contributed by atoms with Gasteiger partial charge in [-0.1, -0.05) is 0 Å². The molecule has 114 valence electrons. The van der Waals surface area contributed by atoms with Crippen LogP contribution in [0, 0.1) is 0 Å². The molecular weight excluding hydrogens is 291 g/mol. The molecule has 2 rings (SSSR count). The molecule has 0 unspecified atom stereocenters. The van der Waals surface area contributed by atoms with Gasteiger partial charge in [-0.3, -0.25) is 4.98 Å². The summed E-state index contributed by atoms with van der Waals surface area (Å²) in [6.45, 7) is -1.34. The summed E-state index contributed by atoms with van der Waals surface area (Å²) in [6, 6.07) is -0.215. The van der Waals surface area contributed by atoms with E-state index in [0.717, 1.165) is 12.3 Å². The number of carboxylic acids is 1. The number of aromatic carboxylic acids is 1. The molecule has 1 fully saturated rings. The first kappa shape index (κ1) is 15.1. The van der Waals surface area contributed by atoms with E-state index in [-0.39, 0.29) is 11.3 Å². The molecule has 2 amide bonds. The Labute approximate surface area is 117 Å². The number of halogens is 3. The van der Waals surface area contributed by atoms with Crippen molar-refractivity contribution in [3.63, 3.8) is 0 Å². The summed E-state index contributed by atoms with van der Waals surface area (Å²) in [5, 5.41) is 11.0. The van der Waals surface area contributed by atoms with Crippen LogP contribution in [0.25, 0.3) is 0 Å². The third-order valence-corrected chi connectivity index (χ3v) is 2.83. The van der Waals surface area contributed by atoms with Gasteiger partial charge in [-0.15, -0.1) is 0 Å². The maximum absolute atomic E-state index is 12.5. The molecule has 0 bridgehead atoms. The Morgan fingerprint density at radius 3 is 2.57 bits per heavy atom. The minimum atomic E-state index is -4.49. The Kier molecular flexibility index (Phi) is 4.01. The van der Waals surface area contributed by atoms with Gasteiger partial charge in [0.2, 0.25) is 0 Å². The monoisotopic (exact) mass is 303 g/mol. The number of hydrogen-bond donors (Lipinski definition) is 2. The molecule has 1 saturated carbocycles. The van der Waals surface area contributed by atoms with Crippen molar-refractivity contribution in [3.05, 3.63) is 24.0 Å². The molecule has 1 aliphatic rings. The zero-order valence-corrected chi connectivity index (χ0v) is 10.7. The van der Waals surface area contributed by atoms with Crippen LogP contribution >= 0.6 is 0 Å². The molecule has 6 nitrogen and oxygen atoms in total. The van der Waals surface area contributed by atoms with Gasteiger partial charge in [0.05, 0.1) is 17.4 Å². The van der Waals surface area contributed by atoms with Crippen molar-refractivity contribution in [1.82, 2.24) is 9.88 Å². The van der Waals surface area contributed by atoms with Gasteiger partial charge >= 0.3 is 18.2 Å². The summed E-state index contributed by atoms with van der Waals surface area (Å²) in [5.74, 6) is -1.24. The molecule has 0 aliphatic heterocycles. The van der Waals surface area contributed by atoms with Crippen LogP contribution in [0.3, 0.4) is 0 Å². The summed E-state index contributed by atoms with van der Waals surface area (Å²) in [7, 11) is 0. The number of pyridine rings is 1. The van der Waals surface area contributed by atoms with E-state index in [4.69, 9.17) is 5.11 Å². The lowest BCUT2D eigenvalue weighted by molar-refractivity contribution is -0.140. The minimum Gasteiger partial charge on any atom is -0.478 e. The van der Waals surface area contributed by atoms with E-state index in [1.807, 2.05) is 0 Å². The fourth-order valence-corrected chi connectivity index (χ4v) is 1.77. The Bertz CT molecular complexity index is 558. The number of anilines is 1. The highest BCUT2D eigenvalue weighted by Gasteiger charge is 2.40. The van der Waals surface area contributed by atoms with Crippen molar-refractivity contribution in [3.8, 4) is 0 Å². The highest BCUT2D eigenvalue weighted by molar-refractivity contribution is 5.92. The smallest absolute Gasteiger partial charge is 0.406 e. The number of aromatic nitrogens is 1. The van der Waals surface area contributed by atoms with Gasteiger partial charge < -0.3 is 15.3 Å². The largest absolute Gasteiger partial charge is 0.478 e. The van der Waals surface area contributed by atoms with Gasteiger partial charge in [-0.2, -0.15) is 13.2 Å². The number of carboxylic acid groups (broad SMARTS) is 1. The summed E-state index contributed by atoms with van der Waals surface area (Å²) in [5.41, 5.74) is -0.130. The van der Waals surface area contributed by atoms with Crippen molar-refractivity contribution in [2.24, 2.45) is 0 Å². The molecule has 0 spiro atoms. The zero-order chi connectivity index (χ0) is 15.6. The van der Waals surface area contributed by atoms with Crippen LogP contribution in [-0.4, -0.2) is 45.8 Å². The molecule has 1 aromatic heterocycles. The van der Waals surface area contributed by atoms with Crippen LogP contribution in [0.4, 0.5) is 23.7 Å². The molecule has 0 radical (unpaired) electrons. The summed E-state index contributed by atoms with van der Waals surface area (Å²) in [4.78, 5) is 27.0. The molecule has 0 saturated heterocycles. The van der Waals surface area contributed by atoms with Crippen molar-refractivity contribution in [2.45, 2.75) is 25.1 Å². The maximum atomic E-state index is 12.5. The lowest BCUT2D eigenvalue weighted by atomic mass is 10.2. The van der Waals surface area contributed by atoms with Crippen molar-refractivity contribution >= 4 is 17.7 Å². The second kappa shape index (κ2) is 5.58. The molecule has 21 heavy (non-hydrogen) atoms. The van der Waals surface area contributed by atoms with E-state index in [2.05, 4.69) is 10.3 Å². The van der Waals surface area contributed by atoms with Crippen LogP contribution < -0.4 is 5.32 Å². The fourth-order valence-electron chi connectivity index (χ4n) is 1.77. The van der Waals surface area contributed by atoms with Crippen LogP contribution in [0.5, 0.6) is 0 Å². The standard InChI is InChI=1S/C12H12F3N3O3/c13-12(14,15)6-18(9-1-2-9)11(21)17-8-3-7(10(19)20)4-16-5-8/h3-5,9H,1-2,6H2,(H,17,21)(H,19,20). The van der Waals surface area contributed by atoms with Gasteiger partial charge in [0.1, 0.15) is 6.54 Å². The summed E-state index contributed by atoms with van der Waals surface area (Å²) >= 11 is 0. The molecule has 1 aliphatic carbocycles. The third-order valence-electron chi connectivity index (χ3n) is 2.83. The van der Waals surface area contributed by atoms with Crippen LogP contribution in [0.2, 0.25) is 0 Å². The molecule has 9 heteroatoms. The number of nitrogens with one attached hydrogen (secondary N) is 1. The number of amides is 2. The molecule has 1 heterocycles. The first-order valence-corrected chi connectivity index (χ1v) is 6.09. The second-order valence-corrected chi connectivity index (χ2v) is 4.67. The highest BCUT2D eigenvalue weighted by Crippen LogP contribution is 2.30. The molecule has 0 atom stereocenters. The predicted octanol–water partition coefficient (Wildman–Crippen LogP) is 2.34. The summed E-state index contributed by atoms with van der Waals surface area (Å²) in [6.07, 6.45) is -1.19. The van der Waals surface area contributed by atoms with Crippen molar-refractivity contribution in [1.29, 1.82) is 0 Å². The van der Waals surface area contributed by atoms with Gasteiger partial charge in [0.25, 0.3) is 0 Å². The van der Waals surface area contributed by atoms with Gasteiger partial charge in [-0.05, 0) is 18.9 Å². The number of hydrogen-bond acceptors (Lipinski definition) is 3. The SMILES string of the molecule is O=C(O)c1cncc(NC(=O)N(CC(F)(F)F)C2CC2)c1. The van der Waals surface area contributed by atoms with E-state index >= 15 is 0 Å². The lowest BCUT2D eigenvalue weighted by Crippen LogP contribution is -2.42. The Morgan fingerprint density at radius 1 is 1.38 bits per heavy atom. The number of urea groups is 1. The Balaban J connectivity index is 2.08. The van der Waals surface area contributed by atoms with E-state index in [1.54, 1.807) is 0 Å². The average Bonchev–Trinajstić information content (AvgIpc) is 3.19. The van der Waals surface area contributed by atoms with Gasteiger partial charge in [-0.25, -0.2) is 9.59 Å². The van der Waals surface area contributed by atoms with Crippen molar-refractivity contribution in [2.75, 3.05) is 11.9 Å². The topological polar surface area (TPSA) is 82.5 Å². The number of nitrogens with zero attached hydrogens (tertiary/aromatic N) is 2. The second-order valence-electron chi connectivity index (χ2n) is 4.67. The number of carbonyl (C=O) groups is 2. The first-order valence-electron chi connectivity index (χ1n) is 6.09. The average molecular weight is 303 g/mol. The van der Waals surface area contributed by atoms with Crippen LogP contribution in [0.15, 0.2) is 18.5 Å². The van der Waals surface area contributed by atoms with Crippen LogP contribution in [-0.2, 0) is 0 Å². The lowest BCUT2D eigenvalue weighted by Gasteiger charge is -2.24. The number of carbonyl (C=O) groups excluding carboxylic acids is 1. The molecular formula is C12H12F3N3O3. The normalized spacial score (nSPS) is 14.6. The fraction of sp³-hybridized carbons (Fsp3) is 0.417. The number of rotatable bonds is 4. The Morgan fingerprint density at radius 2 is 2.05 bits per heavy atom. The van der Waals surface area contributed by atoms with E-state index in [1.165, 1.54) is 6.20 Å². The van der Waals surface area contributed by atoms with Gasteiger partial charge in [0, 0.05) is 12.2 Å². The Hall–Kier alpha value is -2.32. The van der Waals surface area contributed by atoms with Crippen molar-refractivity contribution < 1.29 is 27.9 Å². The zero-order valence-electron chi connectivity index (χ0n) is 10.7. The maximum Gasteiger partial charge on any atom is 0.406 e. The molecule has 0 aromatic carbocycles. The van der Waals surface area contributed by atoms with E-state index < -0.39 is 30.8 Å². The third kappa shape index (κ3) is 4.33. The number of alkyl halides is 3. The van der Waals surface area contributed by atoms with Crippen LogP contribution in [0.1, 0.15) is 23.2 Å². The molecule has 2 N–H and O–H groups in total. The quantitative estimate of drug-likeness (QED) is 0.894. The molecule has 1 aromatic rings. The van der Waals surface area contributed by atoms with E-state index in [0.29, 0.717) is 17.7 Å². The van der Waals surface area contributed by atoms with E-state index in [9.17, 15) is 22.8 Å². The highest BCUT2D eigenvalue weighted by atomic mass is 19.4. The predicted molar refractivity (Wildman–Crippen MR) is 66.0 cm³/mol. The van der Waals surface area contributed by atoms with Gasteiger partial charge in [0.15, 0.2) is 0 Å². The first-order chi connectivity index (χ1) is 9.76. The minimum absolute atomic E-state index is 0.0349. The summed E-state index contributed by atoms with van der Waals surface area (Å²) < 4.78 is 37.4.